The SMILES string of the molecule is CCOc1ccc(-n2ccc(C3OCCN3c3cccc(C)c3)c2)cc1. The molecule has 4 heteroatoms. The van der Waals surface area contributed by atoms with Crippen molar-refractivity contribution < 1.29 is 9.47 Å². The molecule has 0 aliphatic carbocycles. The van der Waals surface area contributed by atoms with E-state index in [4.69, 9.17) is 9.47 Å². The van der Waals surface area contributed by atoms with Gasteiger partial charge in [0.1, 0.15) is 5.75 Å². The van der Waals surface area contributed by atoms with Gasteiger partial charge < -0.3 is 18.9 Å². The average Bonchev–Trinajstić information content (AvgIpc) is 3.32. The van der Waals surface area contributed by atoms with Crippen LogP contribution in [-0.2, 0) is 4.74 Å². The molecule has 1 fully saturated rings. The van der Waals surface area contributed by atoms with Crippen LogP contribution >= 0.6 is 0 Å². The molecule has 1 saturated heterocycles. The first-order valence-electron chi connectivity index (χ1n) is 9.10. The maximum absolute atomic E-state index is 6.04. The van der Waals surface area contributed by atoms with Crippen LogP contribution < -0.4 is 9.64 Å². The minimum Gasteiger partial charge on any atom is -0.494 e. The summed E-state index contributed by atoms with van der Waals surface area (Å²) < 4.78 is 13.7. The molecular weight excluding hydrogens is 324 g/mol. The Morgan fingerprint density at radius 3 is 2.69 bits per heavy atom. The van der Waals surface area contributed by atoms with Gasteiger partial charge in [0.05, 0.1) is 13.2 Å². The van der Waals surface area contributed by atoms with Crippen LogP contribution in [0.15, 0.2) is 67.0 Å². The summed E-state index contributed by atoms with van der Waals surface area (Å²) in [5, 5.41) is 0. The molecule has 1 aromatic heterocycles. The largest absolute Gasteiger partial charge is 0.494 e. The Labute approximate surface area is 154 Å². The number of hydrogen-bond donors (Lipinski definition) is 0. The van der Waals surface area contributed by atoms with E-state index in [-0.39, 0.29) is 6.23 Å². The molecule has 1 atom stereocenters. The van der Waals surface area contributed by atoms with Gasteiger partial charge in [-0.25, -0.2) is 0 Å². The highest BCUT2D eigenvalue weighted by molar-refractivity contribution is 5.51. The molecule has 1 aliphatic heterocycles. The second-order valence-corrected chi connectivity index (χ2v) is 6.53. The fourth-order valence-corrected chi connectivity index (χ4v) is 3.42. The zero-order chi connectivity index (χ0) is 17.9. The minimum absolute atomic E-state index is 0.0410. The van der Waals surface area contributed by atoms with E-state index < -0.39 is 0 Å². The highest BCUT2D eigenvalue weighted by atomic mass is 16.5. The Morgan fingerprint density at radius 2 is 1.92 bits per heavy atom. The molecule has 4 rings (SSSR count). The van der Waals surface area contributed by atoms with E-state index >= 15 is 0 Å². The maximum atomic E-state index is 6.04. The molecule has 0 saturated carbocycles. The lowest BCUT2D eigenvalue weighted by molar-refractivity contribution is 0.114. The molecule has 0 spiro atoms. The van der Waals surface area contributed by atoms with Crippen LogP contribution in [0.25, 0.3) is 5.69 Å². The number of aryl methyl sites for hydroxylation is 1. The first kappa shape index (κ1) is 16.7. The number of aromatic nitrogens is 1. The summed E-state index contributed by atoms with van der Waals surface area (Å²) in [7, 11) is 0. The van der Waals surface area contributed by atoms with Gasteiger partial charge in [-0.2, -0.15) is 0 Å². The highest BCUT2D eigenvalue weighted by Gasteiger charge is 2.28. The quantitative estimate of drug-likeness (QED) is 0.667. The average molecular weight is 348 g/mol. The van der Waals surface area contributed by atoms with E-state index in [2.05, 4.69) is 71.2 Å². The third-order valence-corrected chi connectivity index (χ3v) is 4.67. The molecule has 4 nitrogen and oxygen atoms in total. The van der Waals surface area contributed by atoms with Gasteiger partial charge in [-0.3, -0.25) is 0 Å². The third-order valence-electron chi connectivity index (χ3n) is 4.67. The summed E-state index contributed by atoms with van der Waals surface area (Å²) in [6, 6.07) is 18.9. The zero-order valence-corrected chi connectivity index (χ0v) is 15.3. The van der Waals surface area contributed by atoms with Gasteiger partial charge in [-0.05, 0) is 61.9 Å². The Balaban J connectivity index is 1.57. The Hall–Kier alpha value is -2.72. The molecule has 1 aliphatic rings. The number of benzene rings is 2. The van der Waals surface area contributed by atoms with Crippen LogP contribution in [0.1, 0.15) is 24.3 Å². The number of anilines is 1. The molecule has 134 valence electrons. The van der Waals surface area contributed by atoms with Gasteiger partial charge in [0.25, 0.3) is 0 Å². The van der Waals surface area contributed by atoms with Crippen LogP contribution in [0.4, 0.5) is 5.69 Å². The molecule has 0 amide bonds. The van der Waals surface area contributed by atoms with Gasteiger partial charge in [-0.1, -0.05) is 12.1 Å². The summed E-state index contributed by atoms with van der Waals surface area (Å²) in [5.74, 6) is 0.897. The van der Waals surface area contributed by atoms with Crippen molar-refractivity contribution in [1.82, 2.24) is 4.57 Å². The number of ether oxygens (including phenoxy) is 2. The van der Waals surface area contributed by atoms with Gasteiger partial charge in [0.2, 0.25) is 0 Å². The summed E-state index contributed by atoms with van der Waals surface area (Å²) in [5.41, 5.74) is 4.75. The number of hydrogen-bond acceptors (Lipinski definition) is 3. The van der Waals surface area contributed by atoms with Gasteiger partial charge >= 0.3 is 0 Å². The molecule has 2 heterocycles. The Morgan fingerprint density at radius 1 is 1.08 bits per heavy atom. The standard InChI is InChI=1S/C22H24N2O2/c1-3-25-21-9-7-19(8-10-21)23-12-11-18(16-23)22-24(13-14-26-22)20-6-4-5-17(2)15-20/h4-12,15-16,22H,3,13-14H2,1-2H3. The molecule has 0 bridgehead atoms. The van der Waals surface area contributed by atoms with Crippen molar-refractivity contribution in [1.29, 1.82) is 0 Å². The number of rotatable bonds is 5. The van der Waals surface area contributed by atoms with Gasteiger partial charge in [-0.15, -0.1) is 0 Å². The lowest BCUT2D eigenvalue weighted by Gasteiger charge is -2.25. The first-order valence-corrected chi connectivity index (χ1v) is 9.10. The van der Waals surface area contributed by atoms with Crippen molar-refractivity contribution in [2.45, 2.75) is 20.1 Å². The summed E-state index contributed by atoms with van der Waals surface area (Å²) in [4.78, 5) is 2.32. The van der Waals surface area contributed by atoms with E-state index in [9.17, 15) is 0 Å². The summed E-state index contributed by atoms with van der Waals surface area (Å²) in [6.45, 7) is 6.45. The van der Waals surface area contributed by atoms with E-state index in [1.165, 1.54) is 11.3 Å². The van der Waals surface area contributed by atoms with E-state index in [0.717, 1.165) is 30.2 Å². The molecule has 2 aromatic carbocycles. The fourth-order valence-electron chi connectivity index (χ4n) is 3.42. The Bertz CT molecular complexity index is 870. The lowest BCUT2D eigenvalue weighted by Crippen LogP contribution is -2.23. The number of nitrogens with zero attached hydrogens (tertiary/aromatic N) is 2. The predicted octanol–water partition coefficient (Wildman–Crippen LogP) is 4.72. The first-order chi connectivity index (χ1) is 12.7. The molecule has 0 radical (unpaired) electrons. The van der Waals surface area contributed by atoms with Crippen LogP contribution in [0.3, 0.4) is 0 Å². The predicted molar refractivity (Wildman–Crippen MR) is 104 cm³/mol. The highest BCUT2D eigenvalue weighted by Crippen LogP contribution is 2.33. The molecular formula is C22H24N2O2. The van der Waals surface area contributed by atoms with Crippen LogP contribution in [0, 0.1) is 6.92 Å². The van der Waals surface area contributed by atoms with Crippen molar-refractivity contribution in [3.8, 4) is 11.4 Å². The van der Waals surface area contributed by atoms with E-state index in [1.54, 1.807) is 0 Å². The fraction of sp³-hybridized carbons (Fsp3) is 0.273. The van der Waals surface area contributed by atoms with Crippen molar-refractivity contribution in [2.24, 2.45) is 0 Å². The van der Waals surface area contributed by atoms with Gasteiger partial charge in [0.15, 0.2) is 6.23 Å². The summed E-state index contributed by atoms with van der Waals surface area (Å²) >= 11 is 0. The minimum atomic E-state index is -0.0410. The van der Waals surface area contributed by atoms with E-state index in [1.807, 2.05) is 19.1 Å². The smallest absolute Gasteiger partial charge is 0.158 e. The van der Waals surface area contributed by atoms with Crippen molar-refractivity contribution >= 4 is 5.69 Å². The van der Waals surface area contributed by atoms with Crippen LogP contribution in [-0.4, -0.2) is 24.3 Å². The normalized spacial score (nSPS) is 16.8. The molecule has 1 unspecified atom stereocenters. The van der Waals surface area contributed by atoms with E-state index in [0.29, 0.717) is 6.61 Å². The van der Waals surface area contributed by atoms with Gasteiger partial charge in [0, 0.05) is 35.9 Å². The van der Waals surface area contributed by atoms with Crippen LogP contribution in [0.2, 0.25) is 0 Å². The van der Waals surface area contributed by atoms with Crippen LogP contribution in [0.5, 0.6) is 5.75 Å². The molecule has 3 aromatic rings. The Kier molecular flexibility index (Phi) is 4.67. The maximum Gasteiger partial charge on any atom is 0.158 e. The third kappa shape index (κ3) is 3.33. The molecule has 0 N–H and O–H groups in total. The topological polar surface area (TPSA) is 26.6 Å². The second-order valence-electron chi connectivity index (χ2n) is 6.53. The summed E-state index contributed by atoms with van der Waals surface area (Å²) in [6.07, 6.45) is 4.19. The van der Waals surface area contributed by atoms with Crippen molar-refractivity contribution in [3.63, 3.8) is 0 Å². The van der Waals surface area contributed by atoms with Crippen molar-refractivity contribution in [2.75, 3.05) is 24.7 Å². The second kappa shape index (κ2) is 7.26. The van der Waals surface area contributed by atoms with Crippen molar-refractivity contribution in [3.05, 3.63) is 78.1 Å². The molecule has 26 heavy (non-hydrogen) atoms. The lowest BCUT2D eigenvalue weighted by atomic mass is 10.2. The zero-order valence-electron chi connectivity index (χ0n) is 15.3. The monoisotopic (exact) mass is 348 g/mol.